The second-order valence-corrected chi connectivity index (χ2v) is 11.5. The number of aromatic nitrogens is 2. The van der Waals surface area contributed by atoms with E-state index in [9.17, 15) is 0 Å². The SMILES string of the molecule is C=C/C=C\C(=C/C)c1nc(-c2ccc(-c3ccc(N4C=C=C/C=C\C(=C)c5ccccc54)cc3)c3ccccc23)c2c(n1)=CCCC=2. The molecule has 2 aliphatic rings. The molecule has 226 valence electrons. The van der Waals surface area contributed by atoms with Crippen molar-refractivity contribution in [2.75, 3.05) is 4.90 Å². The summed E-state index contributed by atoms with van der Waals surface area (Å²) in [5.74, 6) is 0.722. The van der Waals surface area contributed by atoms with Gasteiger partial charge >= 0.3 is 0 Å². The molecule has 47 heavy (non-hydrogen) atoms. The van der Waals surface area contributed by atoms with E-state index in [-0.39, 0.29) is 0 Å². The molecule has 0 atom stereocenters. The summed E-state index contributed by atoms with van der Waals surface area (Å²) in [6.07, 6.45) is 22.1. The van der Waals surface area contributed by atoms with Crippen molar-refractivity contribution < 1.29 is 0 Å². The van der Waals surface area contributed by atoms with Gasteiger partial charge in [-0.15, -0.1) is 5.73 Å². The predicted octanol–water partition coefficient (Wildman–Crippen LogP) is 9.85. The predicted molar refractivity (Wildman–Crippen MR) is 200 cm³/mol. The second kappa shape index (κ2) is 13.1. The highest BCUT2D eigenvalue weighted by atomic mass is 15.1. The Labute approximate surface area is 276 Å². The Hall–Kier alpha value is -6.02. The molecule has 3 heteroatoms. The Balaban J connectivity index is 1.34. The standard InChI is InChI=1S/C44H35N3/c1-4-6-17-32(5-2)44-45-41-22-13-11-21-40(41)43(46-44)39-29-28-36(37-19-9-10-20-38(37)39)33-24-26-34(27-25-33)47-30-15-7-8-16-31(3)35-18-12-14-23-42(35)47/h4-10,12,14,16-30H,1,3,11,13H2,2H3/b16-8-,17-6-,32-5+. The van der Waals surface area contributed by atoms with Crippen molar-refractivity contribution in [2.45, 2.75) is 19.8 Å². The van der Waals surface area contributed by atoms with Gasteiger partial charge in [0.05, 0.1) is 22.9 Å². The Morgan fingerprint density at radius 1 is 0.830 bits per heavy atom. The number of rotatable bonds is 6. The minimum atomic E-state index is 0.722. The molecule has 0 spiro atoms. The van der Waals surface area contributed by atoms with Crippen molar-refractivity contribution in [3.05, 3.63) is 175 Å². The lowest BCUT2D eigenvalue weighted by Crippen LogP contribution is -2.34. The lowest BCUT2D eigenvalue weighted by atomic mass is 9.92. The average molecular weight is 606 g/mol. The van der Waals surface area contributed by atoms with E-state index in [1.165, 1.54) is 10.9 Å². The summed E-state index contributed by atoms with van der Waals surface area (Å²) in [6.45, 7) is 10.2. The Morgan fingerprint density at radius 2 is 1.57 bits per heavy atom. The smallest absolute Gasteiger partial charge is 0.160 e. The highest BCUT2D eigenvalue weighted by Gasteiger charge is 2.17. The molecular weight excluding hydrogens is 571 g/mol. The molecule has 5 aromatic rings. The highest BCUT2D eigenvalue weighted by molar-refractivity contribution is 6.04. The van der Waals surface area contributed by atoms with Crippen LogP contribution in [0.5, 0.6) is 0 Å². The van der Waals surface area contributed by atoms with E-state index in [0.29, 0.717) is 0 Å². The molecule has 2 heterocycles. The third-order valence-corrected chi connectivity index (χ3v) is 8.65. The van der Waals surface area contributed by atoms with Gasteiger partial charge in [-0.05, 0) is 71.5 Å². The van der Waals surface area contributed by atoms with Crippen LogP contribution in [0.4, 0.5) is 11.4 Å². The molecule has 0 unspecified atom stereocenters. The molecule has 0 saturated heterocycles. The number of para-hydroxylation sites is 1. The second-order valence-electron chi connectivity index (χ2n) is 11.5. The first-order valence-corrected chi connectivity index (χ1v) is 16.0. The summed E-state index contributed by atoms with van der Waals surface area (Å²) in [7, 11) is 0. The van der Waals surface area contributed by atoms with Crippen molar-refractivity contribution >= 4 is 45.4 Å². The Morgan fingerprint density at radius 3 is 2.38 bits per heavy atom. The van der Waals surface area contributed by atoms with E-state index in [4.69, 9.17) is 9.97 Å². The summed E-state index contributed by atoms with van der Waals surface area (Å²) in [6, 6.07) is 30.2. The quantitative estimate of drug-likeness (QED) is 0.143. The number of anilines is 2. The first-order valence-electron chi connectivity index (χ1n) is 16.0. The third kappa shape index (κ3) is 5.77. The Kier molecular flexibility index (Phi) is 8.30. The van der Waals surface area contributed by atoms with Gasteiger partial charge in [-0.25, -0.2) is 9.97 Å². The zero-order valence-corrected chi connectivity index (χ0v) is 26.5. The number of allylic oxidation sites excluding steroid dienone is 9. The fourth-order valence-corrected chi connectivity index (χ4v) is 6.32. The zero-order valence-electron chi connectivity index (χ0n) is 26.5. The molecule has 0 amide bonds. The first-order chi connectivity index (χ1) is 23.2. The summed E-state index contributed by atoms with van der Waals surface area (Å²) >= 11 is 0. The van der Waals surface area contributed by atoms with E-state index < -0.39 is 0 Å². The van der Waals surface area contributed by atoms with Crippen LogP contribution in [0.3, 0.4) is 0 Å². The normalized spacial score (nSPS) is 14.9. The summed E-state index contributed by atoms with van der Waals surface area (Å²) in [5, 5.41) is 4.45. The van der Waals surface area contributed by atoms with Gasteiger partial charge in [-0.1, -0.05) is 128 Å². The van der Waals surface area contributed by atoms with Gasteiger partial charge in [-0.3, -0.25) is 0 Å². The lowest BCUT2D eigenvalue weighted by Gasteiger charge is -2.23. The van der Waals surface area contributed by atoms with Crippen LogP contribution in [0.1, 0.15) is 31.2 Å². The van der Waals surface area contributed by atoms with Crippen molar-refractivity contribution in [3.8, 4) is 22.4 Å². The van der Waals surface area contributed by atoms with Crippen LogP contribution in [0.25, 0.3) is 56.5 Å². The van der Waals surface area contributed by atoms with Crippen molar-refractivity contribution in [3.63, 3.8) is 0 Å². The molecule has 0 radical (unpaired) electrons. The highest BCUT2D eigenvalue weighted by Crippen LogP contribution is 2.37. The van der Waals surface area contributed by atoms with Gasteiger partial charge in [0.2, 0.25) is 0 Å². The van der Waals surface area contributed by atoms with Gasteiger partial charge < -0.3 is 4.90 Å². The van der Waals surface area contributed by atoms with Crippen LogP contribution in [0.15, 0.2) is 153 Å². The summed E-state index contributed by atoms with van der Waals surface area (Å²) in [5.41, 5.74) is 12.8. The van der Waals surface area contributed by atoms with Crippen molar-refractivity contribution in [1.29, 1.82) is 0 Å². The van der Waals surface area contributed by atoms with E-state index in [0.717, 1.165) is 79.5 Å². The van der Waals surface area contributed by atoms with Crippen LogP contribution < -0.4 is 15.5 Å². The average Bonchev–Trinajstić information content (AvgIpc) is 3.20. The van der Waals surface area contributed by atoms with Gasteiger partial charge in [-0.2, -0.15) is 0 Å². The van der Waals surface area contributed by atoms with E-state index in [2.05, 4.69) is 127 Å². The van der Waals surface area contributed by atoms with Crippen LogP contribution in [-0.2, 0) is 0 Å². The molecule has 4 aromatic carbocycles. The number of benzene rings is 4. The maximum Gasteiger partial charge on any atom is 0.160 e. The molecule has 3 nitrogen and oxygen atoms in total. The molecule has 1 aliphatic heterocycles. The molecule has 0 N–H and O–H groups in total. The van der Waals surface area contributed by atoms with Crippen molar-refractivity contribution in [2.24, 2.45) is 0 Å². The maximum absolute atomic E-state index is 5.20. The van der Waals surface area contributed by atoms with Crippen molar-refractivity contribution in [1.82, 2.24) is 9.97 Å². The zero-order chi connectivity index (χ0) is 32.2. The van der Waals surface area contributed by atoms with E-state index >= 15 is 0 Å². The van der Waals surface area contributed by atoms with Crippen LogP contribution in [0, 0.1) is 0 Å². The molecule has 0 saturated carbocycles. The fourth-order valence-electron chi connectivity index (χ4n) is 6.32. The monoisotopic (exact) mass is 605 g/mol. The van der Waals surface area contributed by atoms with E-state index in [1.54, 1.807) is 6.08 Å². The van der Waals surface area contributed by atoms with Gasteiger partial charge in [0.15, 0.2) is 5.82 Å². The number of nitrogens with zero attached hydrogens (tertiary/aromatic N) is 3. The molecule has 7 rings (SSSR count). The molecule has 0 fully saturated rings. The van der Waals surface area contributed by atoms with Gasteiger partial charge in [0.1, 0.15) is 0 Å². The first kappa shape index (κ1) is 29.7. The van der Waals surface area contributed by atoms with Crippen LogP contribution >= 0.6 is 0 Å². The van der Waals surface area contributed by atoms with Crippen LogP contribution in [0.2, 0.25) is 0 Å². The Bertz CT molecular complexity index is 2320. The third-order valence-electron chi connectivity index (χ3n) is 8.65. The van der Waals surface area contributed by atoms with Crippen LogP contribution in [-0.4, -0.2) is 9.97 Å². The molecule has 1 aromatic heterocycles. The minimum Gasteiger partial charge on any atom is -0.309 e. The summed E-state index contributed by atoms with van der Waals surface area (Å²) in [4.78, 5) is 12.3. The number of fused-ring (bicyclic) bond motifs is 3. The fraction of sp³-hybridized carbons (Fsp3) is 0.0682. The summed E-state index contributed by atoms with van der Waals surface area (Å²) < 4.78 is 0. The molecule has 1 aliphatic carbocycles. The van der Waals surface area contributed by atoms with Gasteiger partial charge in [0, 0.05) is 27.6 Å². The number of hydrogen-bond donors (Lipinski definition) is 0. The van der Waals surface area contributed by atoms with Gasteiger partial charge in [0.25, 0.3) is 0 Å². The largest absolute Gasteiger partial charge is 0.309 e. The lowest BCUT2D eigenvalue weighted by molar-refractivity contribution is 1.02. The topological polar surface area (TPSA) is 29.0 Å². The minimum absolute atomic E-state index is 0.722. The van der Waals surface area contributed by atoms with E-state index in [1.807, 2.05) is 43.5 Å². The number of hydrogen-bond acceptors (Lipinski definition) is 3. The molecular formula is C44H35N3. The maximum atomic E-state index is 5.20. The molecule has 0 bridgehead atoms.